The van der Waals surface area contributed by atoms with Gasteiger partial charge in [-0.05, 0) is 55.5 Å². The molecule has 3 aromatic carbocycles. The van der Waals surface area contributed by atoms with Gasteiger partial charge in [-0.25, -0.2) is 4.39 Å². The Morgan fingerprint density at radius 1 is 0.929 bits per heavy atom. The van der Waals surface area contributed by atoms with Crippen molar-refractivity contribution < 1.29 is 13.6 Å². The van der Waals surface area contributed by atoms with Crippen LogP contribution in [0.3, 0.4) is 0 Å². The van der Waals surface area contributed by atoms with E-state index >= 15 is 0 Å². The van der Waals surface area contributed by atoms with E-state index in [2.05, 4.69) is 5.32 Å². The van der Waals surface area contributed by atoms with E-state index in [1.165, 1.54) is 30.3 Å². The number of aryl methyl sites for hydroxylation is 1. The highest BCUT2D eigenvalue weighted by molar-refractivity contribution is 6.04. The second kappa shape index (κ2) is 7.12. The van der Waals surface area contributed by atoms with E-state index in [-0.39, 0.29) is 17.2 Å². The number of anilines is 1. The molecule has 0 spiro atoms. The Hall–Kier alpha value is -3.73. The van der Waals surface area contributed by atoms with Crippen molar-refractivity contribution in [3.63, 3.8) is 0 Å². The molecule has 0 aliphatic carbocycles. The van der Waals surface area contributed by atoms with Crippen LogP contribution in [0.4, 0.5) is 10.1 Å². The lowest BCUT2D eigenvalue weighted by Crippen LogP contribution is -2.11. The minimum Gasteiger partial charge on any atom is -0.456 e. The van der Waals surface area contributed by atoms with Gasteiger partial charge < -0.3 is 9.73 Å². The van der Waals surface area contributed by atoms with E-state index in [0.29, 0.717) is 33.5 Å². The zero-order chi connectivity index (χ0) is 19.7. The summed E-state index contributed by atoms with van der Waals surface area (Å²) in [7, 11) is 0. The van der Waals surface area contributed by atoms with Crippen LogP contribution in [0.25, 0.3) is 22.3 Å². The SMILES string of the molecule is Cc1ccc2oc(-c3ccc(C(=O)Nc4ccc(F)cc4)cc3)cc(=O)c2c1. The van der Waals surface area contributed by atoms with Crippen LogP contribution in [0.5, 0.6) is 0 Å². The van der Waals surface area contributed by atoms with Crippen molar-refractivity contribution in [2.24, 2.45) is 0 Å². The van der Waals surface area contributed by atoms with Gasteiger partial charge in [0.05, 0.1) is 5.39 Å². The molecule has 0 bridgehead atoms. The van der Waals surface area contributed by atoms with Crippen LogP contribution in [0.15, 0.2) is 82.0 Å². The molecule has 28 heavy (non-hydrogen) atoms. The van der Waals surface area contributed by atoms with Gasteiger partial charge in [0.15, 0.2) is 5.43 Å². The van der Waals surface area contributed by atoms with Crippen molar-refractivity contribution >= 4 is 22.6 Å². The Kier molecular flexibility index (Phi) is 4.49. The highest BCUT2D eigenvalue weighted by Crippen LogP contribution is 2.23. The first-order valence-corrected chi connectivity index (χ1v) is 8.71. The van der Waals surface area contributed by atoms with Crippen molar-refractivity contribution in [2.75, 3.05) is 5.32 Å². The molecule has 0 aliphatic rings. The summed E-state index contributed by atoms with van der Waals surface area (Å²) >= 11 is 0. The number of halogens is 1. The number of nitrogens with one attached hydrogen (secondary N) is 1. The first-order valence-electron chi connectivity index (χ1n) is 8.71. The van der Waals surface area contributed by atoms with Crippen molar-refractivity contribution in [1.82, 2.24) is 0 Å². The highest BCUT2D eigenvalue weighted by Gasteiger charge is 2.10. The van der Waals surface area contributed by atoms with Crippen LogP contribution in [0, 0.1) is 12.7 Å². The Bertz CT molecular complexity index is 1230. The molecule has 4 aromatic rings. The van der Waals surface area contributed by atoms with Crippen LogP contribution in [-0.2, 0) is 0 Å². The van der Waals surface area contributed by atoms with E-state index in [1.54, 1.807) is 36.4 Å². The molecule has 1 N–H and O–H groups in total. The Balaban J connectivity index is 1.60. The zero-order valence-corrected chi connectivity index (χ0v) is 15.0. The second-order valence-electron chi connectivity index (χ2n) is 6.51. The number of hydrogen-bond donors (Lipinski definition) is 1. The molecule has 0 saturated heterocycles. The van der Waals surface area contributed by atoms with Crippen molar-refractivity contribution in [3.8, 4) is 11.3 Å². The minimum absolute atomic E-state index is 0.113. The van der Waals surface area contributed by atoms with Gasteiger partial charge in [0, 0.05) is 22.9 Å². The first-order chi connectivity index (χ1) is 13.5. The molecule has 1 heterocycles. The summed E-state index contributed by atoms with van der Waals surface area (Å²) < 4.78 is 18.8. The van der Waals surface area contributed by atoms with Crippen molar-refractivity contribution in [1.29, 1.82) is 0 Å². The van der Waals surface area contributed by atoms with Gasteiger partial charge in [-0.1, -0.05) is 23.8 Å². The molecule has 0 saturated carbocycles. The monoisotopic (exact) mass is 373 g/mol. The number of hydrogen-bond acceptors (Lipinski definition) is 3. The van der Waals surface area contributed by atoms with E-state index in [4.69, 9.17) is 4.42 Å². The summed E-state index contributed by atoms with van der Waals surface area (Å²) in [6.45, 7) is 1.92. The topological polar surface area (TPSA) is 59.3 Å². The quantitative estimate of drug-likeness (QED) is 0.540. The largest absolute Gasteiger partial charge is 0.456 e. The molecule has 5 heteroatoms. The normalized spacial score (nSPS) is 10.8. The van der Waals surface area contributed by atoms with Crippen molar-refractivity contribution in [3.05, 3.63) is 100.0 Å². The predicted molar refractivity (Wildman–Crippen MR) is 107 cm³/mol. The molecule has 1 aromatic heterocycles. The third kappa shape index (κ3) is 3.55. The maximum absolute atomic E-state index is 13.0. The Morgan fingerprint density at radius 2 is 1.64 bits per heavy atom. The lowest BCUT2D eigenvalue weighted by molar-refractivity contribution is 0.102. The summed E-state index contributed by atoms with van der Waals surface area (Å²) in [5.74, 6) is -0.241. The third-order valence-electron chi connectivity index (χ3n) is 4.42. The lowest BCUT2D eigenvalue weighted by Gasteiger charge is -2.07. The molecule has 4 nitrogen and oxygen atoms in total. The predicted octanol–water partition coefficient (Wildman–Crippen LogP) is 5.16. The summed E-state index contributed by atoms with van der Waals surface area (Å²) in [5.41, 5.74) is 3.03. The summed E-state index contributed by atoms with van der Waals surface area (Å²) in [4.78, 5) is 24.7. The van der Waals surface area contributed by atoms with Gasteiger partial charge in [0.25, 0.3) is 5.91 Å². The molecule has 138 valence electrons. The molecule has 1 amide bonds. The molecular weight excluding hydrogens is 357 g/mol. The molecule has 0 radical (unpaired) electrons. The van der Waals surface area contributed by atoms with E-state index in [1.807, 2.05) is 13.0 Å². The second-order valence-corrected chi connectivity index (χ2v) is 6.51. The number of amides is 1. The summed E-state index contributed by atoms with van der Waals surface area (Å²) in [5, 5.41) is 3.24. The number of carbonyl (C=O) groups is 1. The molecule has 0 aliphatic heterocycles. The van der Waals surface area contributed by atoms with E-state index < -0.39 is 0 Å². The highest BCUT2D eigenvalue weighted by atomic mass is 19.1. The Morgan fingerprint density at radius 3 is 2.36 bits per heavy atom. The first kappa shape index (κ1) is 17.7. The number of rotatable bonds is 3. The average Bonchev–Trinajstić information content (AvgIpc) is 2.70. The molecule has 0 atom stereocenters. The standard InChI is InChI=1S/C23H16FNO3/c1-14-2-11-21-19(12-14)20(26)13-22(28-21)15-3-5-16(6-4-15)23(27)25-18-9-7-17(24)8-10-18/h2-13H,1H3,(H,25,27). The van der Waals surface area contributed by atoms with Gasteiger partial charge in [-0.15, -0.1) is 0 Å². The smallest absolute Gasteiger partial charge is 0.255 e. The summed E-state index contributed by atoms with van der Waals surface area (Å²) in [6, 6.07) is 19.2. The number of carbonyl (C=O) groups excluding carboxylic acids is 1. The minimum atomic E-state index is -0.366. The summed E-state index contributed by atoms with van der Waals surface area (Å²) in [6.07, 6.45) is 0. The molecule has 0 unspecified atom stereocenters. The number of fused-ring (bicyclic) bond motifs is 1. The van der Waals surface area contributed by atoms with Crippen molar-refractivity contribution in [2.45, 2.75) is 6.92 Å². The van der Waals surface area contributed by atoms with Gasteiger partial charge in [-0.3, -0.25) is 9.59 Å². The Labute approximate surface area is 160 Å². The van der Waals surface area contributed by atoms with Crippen LogP contribution in [-0.4, -0.2) is 5.91 Å². The van der Waals surface area contributed by atoms with Gasteiger partial charge in [0.1, 0.15) is 17.2 Å². The van der Waals surface area contributed by atoms with E-state index in [0.717, 1.165) is 5.56 Å². The maximum atomic E-state index is 13.0. The van der Waals surface area contributed by atoms with Crippen LogP contribution < -0.4 is 10.7 Å². The fraction of sp³-hybridized carbons (Fsp3) is 0.0435. The molecule has 4 rings (SSSR count). The van der Waals surface area contributed by atoms with Gasteiger partial charge in [-0.2, -0.15) is 0 Å². The average molecular weight is 373 g/mol. The van der Waals surface area contributed by atoms with Crippen LogP contribution in [0.1, 0.15) is 15.9 Å². The lowest BCUT2D eigenvalue weighted by atomic mass is 10.1. The zero-order valence-electron chi connectivity index (χ0n) is 15.0. The fourth-order valence-electron chi connectivity index (χ4n) is 2.93. The van der Waals surface area contributed by atoms with Gasteiger partial charge >= 0.3 is 0 Å². The maximum Gasteiger partial charge on any atom is 0.255 e. The van der Waals surface area contributed by atoms with E-state index in [9.17, 15) is 14.0 Å². The number of benzene rings is 3. The third-order valence-corrected chi connectivity index (χ3v) is 4.42. The van der Waals surface area contributed by atoms with Crippen LogP contribution in [0.2, 0.25) is 0 Å². The fourth-order valence-corrected chi connectivity index (χ4v) is 2.93. The molecular formula is C23H16FNO3. The molecule has 0 fully saturated rings. The van der Waals surface area contributed by atoms with Gasteiger partial charge in [0.2, 0.25) is 0 Å². The van der Waals surface area contributed by atoms with Crippen LogP contribution >= 0.6 is 0 Å².